The van der Waals surface area contributed by atoms with Crippen molar-refractivity contribution >= 4 is 47.7 Å². The zero-order chi connectivity index (χ0) is 22.2. The van der Waals surface area contributed by atoms with E-state index in [-0.39, 0.29) is 16.3 Å². The number of ether oxygens (including phenoxy) is 1. The van der Waals surface area contributed by atoms with Crippen LogP contribution in [0.3, 0.4) is 0 Å². The predicted molar refractivity (Wildman–Crippen MR) is 107 cm³/mol. The third kappa shape index (κ3) is 7.83. The second-order valence-corrected chi connectivity index (χ2v) is 9.40. The number of benzene rings is 2. The average Bonchev–Trinajstić information content (AvgIpc) is 2.62. The Labute approximate surface area is 174 Å². The fourth-order valence-electron chi connectivity index (χ4n) is 2.05. The number of carbonyl (C=O) groups excluding carboxylic acids is 1. The zero-order valence-corrected chi connectivity index (χ0v) is 18.3. The molecule has 29 heavy (non-hydrogen) atoms. The first kappa shape index (κ1) is 24.6. The molecular formula is C18H21AsClNO8. The van der Waals surface area contributed by atoms with Crippen LogP contribution >= 0.6 is 11.6 Å². The number of halogens is 1. The van der Waals surface area contributed by atoms with Crippen LogP contribution in [-0.2, 0) is 8.53 Å². The van der Waals surface area contributed by atoms with E-state index in [1.807, 2.05) is 6.92 Å². The number of aromatic hydroxyl groups is 1. The number of nitrogens with one attached hydrogen (secondary N) is 1. The molecule has 2 aromatic carbocycles. The minimum absolute atomic E-state index is 0.0484. The number of hydrogen-bond donors (Lipinski definition) is 5. The number of amides is 1. The van der Waals surface area contributed by atoms with Crippen molar-refractivity contribution in [1.82, 2.24) is 0 Å². The molecule has 0 aliphatic carbocycles. The maximum Gasteiger partial charge on any atom is 0.339 e. The summed E-state index contributed by atoms with van der Waals surface area (Å²) in [5.74, 6) is -1.51. The summed E-state index contributed by atoms with van der Waals surface area (Å²) in [6.07, 6.45) is 0.869. The molecule has 11 heteroatoms. The first-order chi connectivity index (χ1) is 13.5. The molecule has 2 rings (SSSR count). The third-order valence-corrected chi connectivity index (χ3v) is 5.65. The molecular weight excluding hydrogens is 469 g/mol. The van der Waals surface area contributed by atoms with Crippen molar-refractivity contribution in [3.63, 3.8) is 0 Å². The normalized spacial score (nSPS) is 10.5. The Hall–Kier alpha value is -2.45. The van der Waals surface area contributed by atoms with Gasteiger partial charge in [-0.3, -0.25) is 0 Å². The van der Waals surface area contributed by atoms with E-state index in [9.17, 15) is 18.4 Å². The number of carboxylic acid groups (broad SMARTS) is 1. The van der Waals surface area contributed by atoms with Gasteiger partial charge in [-0.05, 0) is 18.6 Å². The SMILES string of the molecule is CC(=O)Nc1cc(O)c([As](=O)(O)O)cc1Cl.CCCOc1ccccc1C(=O)O. The van der Waals surface area contributed by atoms with Crippen molar-refractivity contribution in [3.05, 3.63) is 47.0 Å². The van der Waals surface area contributed by atoms with Crippen molar-refractivity contribution in [3.8, 4) is 11.5 Å². The summed E-state index contributed by atoms with van der Waals surface area (Å²) < 4.78 is 33.6. The van der Waals surface area contributed by atoms with Crippen LogP contribution in [0.2, 0.25) is 5.02 Å². The van der Waals surface area contributed by atoms with Gasteiger partial charge in [-0.1, -0.05) is 19.1 Å². The number of anilines is 1. The van der Waals surface area contributed by atoms with Crippen molar-refractivity contribution < 1.29 is 36.5 Å². The van der Waals surface area contributed by atoms with Gasteiger partial charge in [0.25, 0.3) is 0 Å². The summed E-state index contributed by atoms with van der Waals surface area (Å²) in [7, 11) is 0. The molecule has 0 unspecified atom stereocenters. The number of carbonyl (C=O) groups is 2. The van der Waals surface area contributed by atoms with Gasteiger partial charge in [0.15, 0.2) is 0 Å². The molecule has 0 atom stereocenters. The number of rotatable bonds is 6. The Bertz CT molecular complexity index is 928. The van der Waals surface area contributed by atoms with Crippen LogP contribution in [0.4, 0.5) is 5.69 Å². The largest absolute Gasteiger partial charge is 0.493 e. The van der Waals surface area contributed by atoms with Gasteiger partial charge < -0.3 is 9.84 Å². The minimum Gasteiger partial charge on any atom is -0.493 e. The quantitative estimate of drug-likeness (QED) is 0.385. The molecule has 9 nitrogen and oxygen atoms in total. The molecule has 158 valence electrons. The Morgan fingerprint density at radius 1 is 1.21 bits per heavy atom. The van der Waals surface area contributed by atoms with E-state index in [1.165, 1.54) is 13.0 Å². The molecule has 0 aliphatic rings. The maximum absolute atomic E-state index is 11.0. The van der Waals surface area contributed by atoms with Gasteiger partial charge in [-0.15, -0.1) is 0 Å². The van der Waals surface area contributed by atoms with E-state index in [0.717, 1.165) is 18.6 Å². The fraction of sp³-hybridized carbons (Fsp3) is 0.222. The Morgan fingerprint density at radius 3 is 2.34 bits per heavy atom. The van der Waals surface area contributed by atoms with Crippen molar-refractivity contribution in [2.24, 2.45) is 0 Å². The van der Waals surface area contributed by atoms with Crippen LogP contribution in [-0.4, -0.2) is 51.1 Å². The van der Waals surface area contributed by atoms with Crippen LogP contribution in [0, 0.1) is 0 Å². The van der Waals surface area contributed by atoms with E-state index in [1.54, 1.807) is 18.2 Å². The van der Waals surface area contributed by atoms with Crippen molar-refractivity contribution in [2.75, 3.05) is 11.9 Å². The topological polar surface area (TPSA) is 153 Å². The summed E-state index contributed by atoms with van der Waals surface area (Å²) in [6.45, 7) is 3.77. The van der Waals surface area contributed by atoms with Gasteiger partial charge in [0.2, 0.25) is 0 Å². The van der Waals surface area contributed by atoms with Crippen molar-refractivity contribution in [2.45, 2.75) is 20.3 Å². The van der Waals surface area contributed by atoms with Crippen LogP contribution in [0.5, 0.6) is 11.5 Å². The number of aromatic carboxylic acids is 1. The summed E-state index contributed by atoms with van der Waals surface area (Å²) >= 11 is 0.484. The van der Waals surface area contributed by atoms with Gasteiger partial charge in [-0.2, -0.15) is 0 Å². The first-order valence-electron chi connectivity index (χ1n) is 8.28. The predicted octanol–water partition coefficient (Wildman–Crippen LogP) is 1.74. The van der Waals surface area contributed by atoms with Crippen LogP contribution in [0.15, 0.2) is 36.4 Å². The summed E-state index contributed by atoms with van der Waals surface area (Å²) in [5.41, 5.74) is 0.315. The molecule has 0 aliphatic heterocycles. The molecule has 5 N–H and O–H groups in total. The standard InChI is InChI=1S/C10H12O3.C8H9AsClNO5/c1-2-7-13-9-6-4-3-5-8(9)10(11)12;1-4(12)11-7-3-8(13)5(2-6(7)10)9(14,15)16/h3-6H,2,7H2,1H3,(H,11,12);2-3,13H,1H3,(H,11,12)(H2,14,15,16). The van der Waals surface area contributed by atoms with E-state index >= 15 is 0 Å². The van der Waals surface area contributed by atoms with E-state index in [4.69, 9.17) is 29.6 Å². The number of carboxylic acids is 1. The molecule has 0 saturated carbocycles. The number of hydrogen-bond acceptors (Lipinski definition) is 5. The summed E-state index contributed by atoms with van der Waals surface area (Å²) in [5, 5.41) is 20.4. The summed E-state index contributed by atoms with van der Waals surface area (Å²) in [6, 6.07) is 8.59. The van der Waals surface area contributed by atoms with Crippen LogP contribution < -0.4 is 14.4 Å². The van der Waals surface area contributed by atoms with Crippen LogP contribution in [0.1, 0.15) is 30.6 Å². The second-order valence-electron chi connectivity index (χ2n) is 5.70. The van der Waals surface area contributed by atoms with Gasteiger partial charge >= 0.3 is 105 Å². The van der Waals surface area contributed by atoms with Gasteiger partial charge in [0.05, 0.1) is 6.61 Å². The first-order valence-corrected chi connectivity index (χ1v) is 12.0. The Morgan fingerprint density at radius 2 is 1.83 bits per heavy atom. The van der Waals surface area contributed by atoms with Gasteiger partial charge in [-0.25, -0.2) is 4.79 Å². The smallest absolute Gasteiger partial charge is 0.339 e. The maximum atomic E-state index is 11.0. The van der Waals surface area contributed by atoms with Crippen molar-refractivity contribution in [1.29, 1.82) is 0 Å². The van der Waals surface area contributed by atoms with E-state index in [0.29, 0.717) is 12.4 Å². The fourth-order valence-corrected chi connectivity index (χ4v) is 3.81. The number of phenols is 1. The molecule has 1 amide bonds. The van der Waals surface area contributed by atoms with Gasteiger partial charge in [0.1, 0.15) is 11.3 Å². The van der Waals surface area contributed by atoms with E-state index in [2.05, 4.69) is 5.32 Å². The molecule has 0 aromatic heterocycles. The molecule has 0 fully saturated rings. The number of para-hydroxylation sites is 1. The molecule has 0 heterocycles. The monoisotopic (exact) mass is 489 g/mol. The average molecular weight is 490 g/mol. The third-order valence-electron chi connectivity index (χ3n) is 3.27. The Balaban J connectivity index is 0.000000296. The van der Waals surface area contributed by atoms with Gasteiger partial charge in [0, 0.05) is 0 Å². The Kier molecular flexibility index (Phi) is 9.26. The van der Waals surface area contributed by atoms with Crippen LogP contribution in [0.25, 0.3) is 0 Å². The van der Waals surface area contributed by atoms with E-state index < -0.39 is 36.1 Å². The molecule has 2 aromatic rings. The zero-order valence-electron chi connectivity index (χ0n) is 15.6. The second kappa shape index (κ2) is 10.9. The minimum atomic E-state index is -5.21. The number of phenolic OH excluding ortho intramolecular Hbond substituents is 1. The molecule has 0 bridgehead atoms. The molecule has 0 radical (unpaired) electrons. The molecule has 0 spiro atoms. The molecule has 0 saturated heterocycles. The summed E-state index contributed by atoms with van der Waals surface area (Å²) in [4.78, 5) is 21.5.